The molecule has 0 saturated heterocycles. The van der Waals surface area contributed by atoms with Crippen molar-refractivity contribution in [1.29, 1.82) is 0 Å². The lowest BCUT2D eigenvalue weighted by Crippen LogP contribution is -2.42. The molecule has 0 heterocycles. The molecule has 1 unspecified atom stereocenters. The summed E-state index contributed by atoms with van der Waals surface area (Å²) in [4.78, 5) is 10.9. The Balaban J connectivity index is 3.80. The first-order chi connectivity index (χ1) is 6.07. The van der Waals surface area contributed by atoms with Gasteiger partial charge in [-0.05, 0) is 25.4 Å². The summed E-state index contributed by atoms with van der Waals surface area (Å²) in [6.07, 6.45) is 2.79. The summed E-state index contributed by atoms with van der Waals surface area (Å²) < 4.78 is 0. The van der Waals surface area contributed by atoms with E-state index in [9.17, 15) is 4.79 Å². The van der Waals surface area contributed by atoms with Crippen LogP contribution in [0.25, 0.3) is 0 Å². The molecule has 3 nitrogen and oxygen atoms in total. The highest BCUT2D eigenvalue weighted by Crippen LogP contribution is 2.00. The van der Waals surface area contributed by atoms with E-state index in [-0.39, 0.29) is 11.9 Å². The topological polar surface area (TPSA) is 55.1 Å². The van der Waals surface area contributed by atoms with Gasteiger partial charge in [-0.1, -0.05) is 12.2 Å². The highest BCUT2D eigenvalue weighted by molar-refractivity contribution is 7.98. The fourth-order valence-electron chi connectivity index (χ4n) is 0.878. The Morgan fingerprint density at radius 2 is 2.31 bits per heavy atom. The maximum atomic E-state index is 10.9. The van der Waals surface area contributed by atoms with Crippen molar-refractivity contribution in [3.8, 4) is 0 Å². The summed E-state index contributed by atoms with van der Waals surface area (Å²) in [7, 11) is 0. The Kier molecular flexibility index (Phi) is 6.72. The largest absolute Gasteiger partial charge is 0.368 e. The Labute approximate surface area is 84.1 Å². The number of primary amides is 1. The number of carbonyl (C=O) groups excluding carboxylic acids is 1. The van der Waals surface area contributed by atoms with Crippen molar-refractivity contribution < 1.29 is 4.79 Å². The highest BCUT2D eigenvalue weighted by Gasteiger charge is 2.12. The van der Waals surface area contributed by atoms with Crippen LogP contribution in [0.3, 0.4) is 0 Å². The van der Waals surface area contributed by atoms with Gasteiger partial charge in [-0.15, -0.1) is 0 Å². The van der Waals surface area contributed by atoms with Gasteiger partial charge < -0.3 is 11.1 Å². The molecule has 0 aromatic carbocycles. The smallest absolute Gasteiger partial charge is 0.234 e. The van der Waals surface area contributed by atoms with Crippen molar-refractivity contribution in [2.45, 2.75) is 19.4 Å². The third kappa shape index (κ3) is 6.66. The molecule has 1 atom stereocenters. The van der Waals surface area contributed by atoms with Crippen LogP contribution in [0.1, 0.15) is 13.3 Å². The van der Waals surface area contributed by atoms with Crippen LogP contribution in [0.2, 0.25) is 0 Å². The maximum absolute atomic E-state index is 10.9. The number of nitrogens with two attached hydrogens (primary N) is 1. The summed E-state index contributed by atoms with van der Waals surface area (Å²) in [6, 6.07) is -0.218. The van der Waals surface area contributed by atoms with Gasteiger partial charge in [0.25, 0.3) is 0 Å². The van der Waals surface area contributed by atoms with Gasteiger partial charge in [0.15, 0.2) is 0 Å². The van der Waals surface area contributed by atoms with Crippen LogP contribution in [0.15, 0.2) is 12.2 Å². The molecule has 0 aromatic heterocycles. The minimum absolute atomic E-state index is 0.218. The zero-order valence-electron chi connectivity index (χ0n) is 8.30. The van der Waals surface area contributed by atoms with Crippen molar-refractivity contribution in [2.75, 3.05) is 18.6 Å². The number of hydrogen-bond donors (Lipinski definition) is 2. The third-order valence-electron chi connectivity index (χ3n) is 1.60. The van der Waals surface area contributed by atoms with E-state index < -0.39 is 0 Å². The molecule has 0 aliphatic carbocycles. The average molecular weight is 202 g/mol. The standard InChI is InChI=1S/C9H18N2OS/c1-7(2)6-11-8(9(10)12)4-5-13-3/h8,11H,1,4-6H2,2-3H3,(H2,10,12). The van der Waals surface area contributed by atoms with Crippen LogP contribution in [0, 0.1) is 0 Å². The number of rotatable bonds is 7. The fourth-order valence-corrected chi connectivity index (χ4v) is 1.35. The van der Waals surface area contributed by atoms with Crippen molar-refractivity contribution in [3.63, 3.8) is 0 Å². The summed E-state index contributed by atoms with van der Waals surface area (Å²) in [5, 5.41) is 3.07. The molecule has 0 bridgehead atoms. The molecule has 13 heavy (non-hydrogen) atoms. The lowest BCUT2D eigenvalue weighted by Gasteiger charge is -2.14. The van der Waals surface area contributed by atoms with E-state index in [0.717, 1.165) is 17.7 Å². The SMILES string of the molecule is C=C(C)CNC(CCSC)C(N)=O. The van der Waals surface area contributed by atoms with Crippen LogP contribution in [0.4, 0.5) is 0 Å². The van der Waals surface area contributed by atoms with E-state index >= 15 is 0 Å². The maximum Gasteiger partial charge on any atom is 0.234 e. The number of thioether (sulfide) groups is 1. The van der Waals surface area contributed by atoms with E-state index in [1.165, 1.54) is 0 Å². The molecule has 0 aromatic rings. The second kappa shape index (κ2) is 6.97. The number of amides is 1. The van der Waals surface area contributed by atoms with E-state index in [1.54, 1.807) is 11.8 Å². The van der Waals surface area contributed by atoms with Crippen LogP contribution in [0.5, 0.6) is 0 Å². The van der Waals surface area contributed by atoms with Crippen LogP contribution in [-0.4, -0.2) is 30.5 Å². The minimum Gasteiger partial charge on any atom is -0.368 e. The summed E-state index contributed by atoms with van der Waals surface area (Å²) in [5.74, 6) is 0.659. The molecule has 0 radical (unpaired) electrons. The van der Waals surface area contributed by atoms with E-state index in [0.29, 0.717) is 6.54 Å². The normalized spacial score (nSPS) is 12.5. The van der Waals surface area contributed by atoms with Crippen LogP contribution in [-0.2, 0) is 4.79 Å². The Morgan fingerprint density at radius 1 is 1.69 bits per heavy atom. The molecule has 0 fully saturated rings. The monoisotopic (exact) mass is 202 g/mol. The number of hydrogen-bond acceptors (Lipinski definition) is 3. The van der Waals surface area contributed by atoms with Gasteiger partial charge in [-0.2, -0.15) is 11.8 Å². The molecule has 0 rings (SSSR count). The van der Waals surface area contributed by atoms with Crippen LogP contribution >= 0.6 is 11.8 Å². The Hall–Kier alpha value is -0.480. The van der Waals surface area contributed by atoms with E-state index in [2.05, 4.69) is 11.9 Å². The number of carbonyl (C=O) groups is 1. The Bertz CT molecular complexity index is 182. The zero-order chi connectivity index (χ0) is 10.3. The summed E-state index contributed by atoms with van der Waals surface area (Å²) in [6.45, 7) is 6.32. The summed E-state index contributed by atoms with van der Waals surface area (Å²) in [5.41, 5.74) is 6.23. The second-order valence-electron chi connectivity index (χ2n) is 3.07. The van der Waals surface area contributed by atoms with E-state index in [1.807, 2.05) is 13.2 Å². The zero-order valence-corrected chi connectivity index (χ0v) is 9.12. The average Bonchev–Trinajstić information content (AvgIpc) is 2.03. The van der Waals surface area contributed by atoms with Gasteiger partial charge in [0.05, 0.1) is 6.04 Å². The molecule has 1 amide bonds. The molecule has 76 valence electrons. The van der Waals surface area contributed by atoms with Gasteiger partial charge in [0, 0.05) is 6.54 Å². The molecule has 0 spiro atoms. The molecule has 0 aliphatic rings. The van der Waals surface area contributed by atoms with Crippen molar-refractivity contribution in [1.82, 2.24) is 5.32 Å². The van der Waals surface area contributed by atoms with Gasteiger partial charge in [0.1, 0.15) is 0 Å². The first kappa shape index (κ1) is 12.5. The lowest BCUT2D eigenvalue weighted by molar-refractivity contribution is -0.120. The minimum atomic E-state index is -0.282. The second-order valence-corrected chi connectivity index (χ2v) is 4.06. The molecule has 0 saturated carbocycles. The van der Waals surface area contributed by atoms with Crippen molar-refractivity contribution in [2.24, 2.45) is 5.73 Å². The molecule has 3 N–H and O–H groups in total. The molecule has 0 aliphatic heterocycles. The molecule has 4 heteroatoms. The van der Waals surface area contributed by atoms with Crippen LogP contribution < -0.4 is 11.1 Å². The first-order valence-corrected chi connectivity index (χ1v) is 5.63. The third-order valence-corrected chi connectivity index (χ3v) is 2.25. The highest BCUT2D eigenvalue weighted by atomic mass is 32.2. The fraction of sp³-hybridized carbons (Fsp3) is 0.667. The number of nitrogens with one attached hydrogen (secondary N) is 1. The van der Waals surface area contributed by atoms with Crippen molar-refractivity contribution >= 4 is 17.7 Å². The quantitative estimate of drug-likeness (QED) is 0.599. The van der Waals surface area contributed by atoms with Gasteiger partial charge in [0.2, 0.25) is 5.91 Å². The predicted octanol–water partition coefficient (Wildman–Crippen LogP) is 0.759. The van der Waals surface area contributed by atoms with Gasteiger partial charge >= 0.3 is 0 Å². The van der Waals surface area contributed by atoms with Crippen molar-refractivity contribution in [3.05, 3.63) is 12.2 Å². The summed E-state index contributed by atoms with van der Waals surface area (Å²) >= 11 is 1.71. The lowest BCUT2D eigenvalue weighted by atomic mass is 10.2. The Morgan fingerprint density at radius 3 is 2.69 bits per heavy atom. The van der Waals surface area contributed by atoms with Gasteiger partial charge in [-0.25, -0.2) is 0 Å². The van der Waals surface area contributed by atoms with Gasteiger partial charge in [-0.3, -0.25) is 4.79 Å². The molecular formula is C9H18N2OS. The first-order valence-electron chi connectivity index (χ1n) is 4.24. The molecular weight excluding hydrogens is 184 g/mol. The predicted molar refractivity (Wildman–Crippen MR) is 58.8 cm³/mol. The van der Waals surface area contributed by atoms with E-state index in [4.69, 9.17) is 5.73 Å².